The van der Waals surface area contributed by atoms with Crippen molar-refractivity contribution in [1.82, 2.24) is 14.5 Å². The van der Waals surface area contributed by atoms with Crippen LogP contribution < -0.4 is 0 Å². The van der Waals surface area contributed by atoms with Crippen LogP contribution in [0.15, 0.2) is 176 Å². The average Bonchev–Trinajstić information content (AvgIpc) is 3.66. The molecule has 0 fully saturated rings. The molecule has 3 nitrogen and oxygen atoms in total. The normalized spacial score (nSPS) is 13.0. The van der Waals surface area contributed by atoms with Gasteiger partial charge in [0.25, 0.3) is 0 Å². The van der Waals surface area contributed by atoms with Crippen molar-refractivity contribution >= 4 is 21.8 Å². The highest BCUT2D eigenvalue weighted by molar-refractivity contribution is 6.14. The number of rotatable bonds is 5. The fourth-order valence-corrected chi connectivity index (χ4v) is 8.26. The molecule has 0 aliphatic heterocycles. The molecule has 52 heavy (non-hydrogen) atoms. The zero-order valence-electron chi connectivity index (χ0n) is 29.1. The fraction of sp³-hybridized carbons (Fsp3) is 0.0612. The Kier molecular flexibility index (Phi) is 6.84. The van der Waals surface area contributed by atoms with Crippen molar-refractivity contribution in [3.63, 3.8) is 0 Å². The largest absolute Gasteiger partial charge is 0.309 e. The van der Waals surface area contributed by atoms with Crippen molar-refractivity contribution in [2.75, 3.05) is 0 Å². The van der Waals surface area contributed by atoms with E-state index in [1.165, 1.54) is 44.2 Å². The lowest BCUT2D eigenvalue weighted by Crippen LogP contribution is -2.14. The smallest absolute Gasteiger partial charge is 0.160 e. The summed E-state index contributed by atoms with van der Waals surface area (Å²) in [7, 11) is 0. The highest BCUT2D eigenvalue weighted by Crippen LogP contribution is 2.50. The molecular formula is C49H35N3. The first-order valence-electron chi connectivity index (χ1n) is 17.9. The summed E-state index contributed by atoms with van der Waals surface area (Å²) in [6.45, 7) is 4.67. The van der Waals surface area contributed by atoms with Crippen LogP contribution in [0.1, 0.15) is 25.0 Å². The van der Waals surface area contributed by atoms with Gasteiger partial charge in [-0.2, -0.15) is 0 Å². The van der Waals surface area contributed by atoms with Gasteiger partial charge in [-0.3, -0.25) is 0 Å². The van der Waals surface area contributed by atoms with Gasteiger partial charge in [0.15, 0.2) is 5.82 Å². The lowest BCUT2D eigenvalue weighted by molar-refractivity contribution is 0.660. The van der Waals surface area contributed by atoms with Gasteiger partial charge in [0.2, 0.25) is 0 Å². The molecule has 0 spiro atoms. The molecule has 0 amide bonds. The van der Waals surface area contributed by atoms with Gasteiger partial charge in [-0.05, 0) is 69.8 Å². The summed E-state index contributed by atoms with van der Waals surface area (Å²) in [4.78, 5) is 10.3. The summed E-state index contributed by atoms with van der Waals surface area (Å²) in [5.41, 5.74) is 16.2. The Balaban J connectivity index is 1.21. The van der Waals surface area contributed by atoms with Gasteiger partial charge in [0.1, 0.15) is 0 Å². The number of para-hydroxylation sites is 2. The molecule has 9 aromatic rings. The first-order chi connectivity index (χ1) is 25.5. The molecular weight excluding hydrogens is 631 g/mol. The van der Waals surface area contributed by atoms with Gasteiger partial charge in [-0.25, -0.2) is 9.97 Å². The first kappa shape index (κ1) is 30.3. The Morgan fingerprint density at radius 2 is 1.04 bits per heavy atom. The molecule has 2 heterocycles. The van der Waals surface area contributed by atoms with Gasteiger partial charge in [0, 0.05) is 38.6 Å². The second-order valence-electron chi connectivity index (χ2n) is 14.2. The van der Waals surface area contributed by atoms with Crippen molar-refractivity contribution < 1.29 is 0 Å². The third kappa shape index (κ3) is 4.74. The highest BCUT2D eigenvalue weighted by atomic mass is 15.0. The number of benzene rings is 7. The van der Waals surface area contributed by atoms with E-state index in [4.69, 9.17) is 9.97 Å². The maximum Gasteiger partial charge on any atom is 0.160 e. The maximum atomic E-state index is 5.26. The fourth-order valence-electron chi connectivity index (χ4n) is 8.26. The zero-order valence-corrected chi connectivity index (χ0v) is 29.1. The van der Waals surface area contributed by atoms with Crippen LogP contribution in [0.25, 0.3) is 83.6 Å². The minimum Gasteiger partial charge on any atom is -0.309 e. The summed E-state index contributed by atoms with van der Waals surface area (Å²) in [5, 5.41) is 2.40. The molecule has 3 heteroatoms. The van der Waals surface area contributed by atoms with Crippen molar-refractivity contribution in [3.05, 3.63) is 187 Å². The van der Waals surface area contributed by atoms with Crippen LogP contribution in [0.2, 0.25) is 0 Å². The molecule has 0 unspecified atom stereocenters. The van der Waals surface area contributed by atoms with E-state index >= 15 is 0 Å². The Morgan fingerprint density at radius 1 is 0.423 bits per heavy atom. The van der Waals surface area contributed by atoms with Crippen molar-refractivity contribution in [2.45, 2.75) is 19.3 Å². The second kappa shape index (κ2) is 11.8. The predicted octanol–water partition coefficient (Wildman–Crippen LogP) is 12.5. The zero-order chi connectivity index (χ0) is 34.8. The van der Waals surface area contributed by atoms with Gasteiger partial charge in [0.05, 0.1) is 22.4 Å². The summed E-state index contributed by atoms with van der Waals surface area (Å²) in [6.07, 6.45) is 0. The van der Waals surface area contributed by atoms with E-state index in [-0.39, 0.29) is 5.41 Å². The molecule has 0 radical (unpaired) electrons. The summed E-state index contributed by atoms with van der Waals surface area (Å²) >= 11 is 0. The SMILES string of the molecule is CC1(C)c2ccccc2-c2cc(-c3ccc4c(c3)c3cccc(-c5cc(-c6ccccc6)nc(-c6ccccc6)n5)c3n4-c3ccccc3)ccc21. The van der Waals surface area contributed by atoms with E-state index in [1.807, 2.05) is 24.3 Å². The molecule has 1 aliphatic rings. The maximum absolute atomic E-state index is 5.26. The molecule has 246 valence electrons. The monoisotopic (exact) mass is 665 g/mol. The number of hydrogen-bond donors (Lipinski definition) is 0. The second-order valence-corrected chi connectivity index (χ2v) is 14.2. The molecule has 0 N–H and O–H groups in total. The predicted molar refractivity (Wildman–Crippen MR) is 216 cm³/mol. The van der Waals surface area contributed by atoms with E-state index < -0.39 is 0 Å². The Morgan fingerprint density at radius 3 is 1.83 bits per heavy atom. The lowest BCUT2D eigenvalue weighted by atomic mass is 9.82. The average molecular weight is 666 g/mol. The van der Waals surface area contributed by atoms with Crippen molar-refractivity contribution in [3.8, 4) is 61.8 Å². The topological polar surface area (TPSA) is 30.7 Å². The van der Waals surface area contributed by atoms with Crippen LogP contribution in [0.5, 0.6) is 0 Å². The quantitative estimate of drug-likeness (QED) is 0.183. The molecule has 10 rings (SSSR count). The summed E-state index contributed by atoms with van der Waals surface area (Å²) < 4.78 is 2.40. The molecule has 0 atom stereocenters. The van der Waals surface area contributed by atoms with Crippen molar-refractivity contribution in [2.24, 2.45) is 0 Å². The van der Waals surface area contributed by atoms with Gasteiger partial charge in [-0.1, -0.05) is 153 Å². The molecule has 2 aromatic heterocycles. The minimum atomic E-state index is -0.0182. The third-order valence-electron chi connectivity index (χ3n) is 10.8. The lowest BCUT2D eigenvalue weighted by Gasteiger charge is -2.21. The number of nitrogens with zero attached hydrogens (tertiary/aromatic N) is 3. The van der Waals surface area contributed by atoms with E-state index in [0.29, 0.717) is 5.82 Å². The van der Waals surface area contributed by atoms with Crippen molar-refractivity contribution in [1.29, 1.82) is 0 Å². The molecule has 0 saturated heterocycles. The van der Waals surface area contributed by atoms with Crippen LogP contribution >= 0.6 is 0 Å². The van der Waals surface area contributed by atoms with E-state index in [9.17, 15) is 0 Å². The van der Waals surface area contributed by atoms with Gasteiger partial charge in [-0.15, -0.1) is 0 Å². The molecule has 1 aliphatic carbocycles. The van der Waals surface area contributed by atoms with E-state index in [1.54, 1.807) is 0 Å². The summed E-state index contributed by atoms with van der Waals surface area (Å²) in [5.74, 6) is 0.708. The van der Waals surface area contributed by atoms with E-state index in [2.05, 4.69) is 170 Å². The Hall–Kier alpha value is -6.58. The highest BCUT2D eigenvalue weighted by Gasteiger charge is 2.35. The minimum absolute atomic E-state index is 0.0182. The van der Waals surface area contributed by atoms with Crippen LogP contribution in [0.4, 0.5) is 0 Å². The van der Waals surface area contributed by atoms with Crippen LogP contribution in [0, 0.1) is 0 Å². The van der Waals surface area contributed by atoms with E-state index in [0.717, 1.165) is 44.8 Å². The first-order valence-corrected chi connectivity index (χ1v) is 17.9. The number of fused-ring (bicyclic) bond motifs is 6. The van der Waals surface area contributed by atoms with Crippen LogP contribution in [-0.2, 0) is 5.41 Å². The number of hydrogen-bond acceptors (Lipinski definition) is 2. The molecule has 0 saturated carbocycles. The summed E-state index contributed by atoms with van der Waals surface area (Å²) in [6, 6.07) is 62.9. The van der Waals surface area contributed by atoms with Gasteiger partial charge >= 0.3 is 0 Å². The third-order valence-corrected chi connectivity index (χ3v) is 10.8. The van der Waals surface area contributed by atoms with Gasteiger partial charge < -0.3 is 4.57 Å². The molecule has 0 bridgehead atoms. The van der Waals surface area contributed by atoms with Crippen LogP contribution in [0.3, 0.4) is 0 Å². The standard InChI is InChI=1S/C49H35N3/c1-49(2)42-24-13-12-21-37(42)40-29-34(25-27-43(40)49)35-26-28-46-41(30-35)38-22-14-23-39(47(38)52(46)36-19-10-5-11-20-36)45-31-44(32-15-6-3-7-16-32)50-48(51-45)33-17-8-4-9-18-33/h3-31H,1-2H3. The molecule has 7 aromatic carbocycles. The number of aromatic nitrogens is 3. The Bertz CT molecular complexity index is 2740. The Labute approximate surface area is 303 Å². The van der Waals surface area contributed by atoms with Crippen LogP contribution in [-0.4, -0.2) is 14.5 Å².